The van der Waals surface area contributed by atoms with Crippen LogP contribution in [0.4, 0.5) is 10.1 Å². The topological polar surface area (TPSA) is 40.6 Å². The molecule has 30 heavy (non-hydrogen) atoms. The summed E-state index contributed by atoms with van der Waals surface area (Å²) in [6, 6.07) is 16.0. The molecule has 4 nitrogen and oxygen atoms in total. The van der Waals surface area contributed by atoms with Gasteiger partial charge >= 0.3 is 0 Å². The molecule has 2 aromatic rings. The molecule has 0 N–H and O–H groups in total. The summed E-state index contributed by atoms with van der Waals surface area (Å²) in [5.74, 6) is -0.163. The Morgan fingerprint density at radius 2 is 1.77 bits per heavy atom. The fourth-order valence-corrected chi connectivity index (χ4v) is 4.83. The highest BCUT2D eigenvalue weighted by Gasteiger charge is 2.62. The second kappa shape index (κ2) is 7.53. The third-order valence-corrected chi connectivity index (χ3v) is 7.03. The Bertz CT molecular complexity index is 949. The predicted molar refractivity (Wildman–Crippen MR) is 115 cm³/mol. The van der Waals surface area contributed by atoms with Crippen LogP contribution in [-0.2, 0) is 9.59 Å². The van der Waals surface area contributed by atoms with Crippen LogP contribution >= 0.6 is 0 Å². The van der Waals surface area contributed by atoms with Crippen LogP contribution < -0.4 is 4.90 Å². The number of carbonyl (C=O) groups is 2. The van der Waals surface area contributed by atoms with Gasteiger partial charge in [-0.2, -0.15) is 0 Å². The van der Waals surface area contributed by atoms with Gasteiger partial charge in [-0.05, 0) is 43.0 Å². The molecule has 2 fully saturated rings. The van der Waals surface area contributed by atoms with E-state index in [1.807, 2.05) is 56.0 Å². The standard InChI is InChI=1S/C25H29FN2O2/c1-4-24(2,3)22(29)27-15-13-25(14-16-27)21(18-9-6-5-7-10-18)28(23(25)30)20-12-8-11-19(26)17-20/h5-12,17,21H,4,13-16H2,1-3H3. The number of anilines is 1. The van der Waals surface area contributed by atoms with Gasteiger partial charge in [0, 0.05) is 24.2 Å². The highest BCUT2D eigenvalue weighted by atomic mass is 19.1. The van der Waals surface area contributed by atoms with Gasteiger partial charge in [0.2, 0.25) is 11.8 Å². The molecule has 5 heteroatoms. The second-order valence-corrected chi connectivity index (χ2v) is 9.15. The van der Waals surface area contributed by atoms with Crippen molar-refractivity contribution in [1.82, 2.24) is 4.90 Å². The van der Waals surface area contributed by atoms with Crippen LogP contribution in [0.5, 0.6) is 0 Å². The monoisotopic (exact) mass is 408 g/mol. The number of β-lactam (4-membered cyclic amide) rings is 1. The SMILES string of the molecule is CCC(C)(C)C(=O)N1CCC2(CC1)C(=O)N(c1cccc(F)c1)C2c1ccccc1. The van der Waals surface area contributed by atoms with Gasteiger partial charge in [-0.3, -0.25) is 9.59 Å². The molecule has 2 aromatic carbocycles. The smallest absolute Gasteiger partial charge is 0.236 e. The molecule has 1 unspecified atom stereocenters. The molecule has 2 aliphatic rings. The Hall–Kier alpha value is -2.69. The number of benzene rings is 2. The van der Waals surface area contributed by atoms with E-state index in [9.17, 15) is 14.0 Å². The normalized spacial score (nSPS) is 20.9. The number of piperidine rings is 1. The second-order valence-electron chi connectivity index (χ2n) is 9.15. The highest BCUT2D eigenvalue weighted by Crippen LogP contribution is 2.57. The maximum absolute atomic E-state index is 13.9. The lowest BCUT2D eigenvalue weighted by atomic mass is 9.62. The van der Waals surface area contributed by atoms with Crippen molar-refractivity contribution in [3.8, 4) is 0 Å². The van der Waals surface area contributed by atoms with E-state index in [1.165, 1.54) is 12.1 Å². The van der Waals surface area contributed by atoms with Crippen molar-refractivity contribution in [1.29, 1.82) is 0 Å². The van der Waals surface area contributed by atoms with E-state index in [0.717, 1.165) is 12.0 Å². The third kappa shape index (κ3) is 3.21. The van der Waals surface area contributed by atoms with E-state index >= 15 is 0 Å². The largest absolute Gasteiger partial charge is 0.342 e. The Balaban J connectivity index is 1.63. The first-order valence-corrected chi connectivity index (χ1v) is 10.7. The third-order valence-electron chi connectivity index (χ3n) is 7.03. The molecule has 158 valence electrons. The Morgan fingerprint density at radius 3 is 2.37 bits per heavy atom. The summed E-state index contributed by atoms with van der Waals surface area (Å²) < 4.78 is 13.9. The predicted octanol–water partition coefficient (Wildman–Crippen LogP) is 4.96. The quantitative estimate of drug-likeness (QED) is 0.671. The van der Waals surface area contributed by atoms with Crippen molar-refractivity contribution >= 4 is 17.5 Å². The highest BCUT2D eigenvalue weighted by molar-refractivity contribution is 6.06. The molecule has 2 aliphatic heterocycles. The lowest BCUT2D eigenvalue weighted by Crippen LogP contribution is -2.67. The molecule has 2 amide bonds. The summed E-state index contributed by atoms with van der Waals surface area (Å²) in [5.41, 5.74) is 0.710. The van der Waals surface area contributed by atoms with Crippen LogP contribution in [0.2, 0.25) is 0 Å². The number of amides is 2. The molecule has 0 aromatic heterocycles. The zero-order chi connectivity index (χ0) is 21.5. The minimum atomic E-state index is -0.541. The summed E-state index contributed by atoms with van der Waals surface area (Å²) in [7, 11) is 0. The molecule has 0 radical (unpaired) electrons. The molecule has 1 spiro atoms. The van der Waals surface area contributed by atoms with E-state index < -0.39 is 5.41 Å². The number of nitrogens with zero attached hydrogens (tertiary/aromatic N) is 2. The average Bonchev–Trinajstić information content (AvgIpc) is 2.77. The van der Waals surface area contributed by atoms with Gasteiger partial charge in [-0.1, -0.05) is 57.2 Å². The minimum absolute atomic E-state index is 0.0313. The van der Waals surface area contributed by atoms with Crippen molar-refractivity contribution in [2.24, 2.45) is 10.8 Å². The molecule has 4 rings (SSSR count). The van der Waals surface area contributed by atoms with Crippen molar-refractivity contribution in [3.05, 3.63) is 66.0 Å². The average molecular weight is 409 g/mol. The zero-order valence-electron chi connectivity index (χ0n) is 17.9. The van der Waals surface area contributed by atoms with Gasteiger partial charge in [0.15, 0.2) is 0 Å². The number of rotatable bonds is 4. The first kappa shape index (κ1) is 20.6. The van der Waals surface area contributed by atoms with Crippen molar-refractivity contribution in [2.75, 3.05) is 18.0 Å². The van der Waals surface area contributed by atoms with Crippen LogP contribution in [0.25, 0.3) is 0 Å². The lowest BCUT2D eigenvalue weighted by molar-refractivity contribution is -0.152. The lowest BCUT2D eigenvalue weighted by Gasteiger charge is -2.59. The first-order valence-electron chi connectivity index (χ1n) is 10.7. The van der Waals surface area contributed by atoms with Gasteiger partial charge in [0.05, 0.1) is 11.5 Å². The summed E-state index contributed by atoms with van der Waals surface area (Å²) >= 11 is 0. The van der Waals surface area contributed by atoms with Crippen LogP contribution in [0.3, 0.4) is 0 Å². The van der Waals surface area contributed by atoms with Crippen molar-refractivity contribution in [2.45, 2.75) is 46.1 Å². The maximum atomic E-state index is 13.9. The minimum Gasteiger partial charge on any atom is -0.342 e. The van der Waals surface area contributed by atoms with Crippen LogP contribution in [0.15, 0.2) is 54.6 Å². The van der Waals surface area contributed by atoms with E-state index in [0.29, 0.717) is 31.6 Å². The van der Waals surface area contributed by atoms with Crippen LogP contribution in [0.1, 0.15) is 51.6 Å². The molecular weight excluding hydrogens is 379 g/mol. The summed E-state index contributed by atoms with van der Waals surface area (Å²) in [6.07, 6.45) is 2.04. The molecule has 0 saturated carbocycles. The van der Waals surface area contributed by atoms with Crippen molar-refractivity contribution < 1.29 is 14.0 Å². The summed E-state index contributed by atoms with van der Waals surface area (Å²) in [4.78, 5) is 30.0. The van der Waals surface area contributed by atoms with Crippen molar-refractivity contribution in [3.63, 3.8) is 0 Å². The molecule has 2 saturated heterocycles. The van der Waals surface area contributed by atoms with Gasteiger partial charge in [-0.15, -0.1) is 0 Å². The number of hydrogen-bond donors (Lipinski definition) is 0. The fourth-order valence-electron chi connectivity index (χ4n) is 4.83. The van der Waals surface area contributed by atoms with E-state index in [2.05, 4.69) is 0 Å². The number of likely N-dealkylation sites (tertiary alicyclic amines) is 1. The first-order chi connectivity index (χ1) is 14.3. The Morgan fingerprint density at radius 1 is 1.10 bits per heavy atom. The van der Waals surface area contributed by atoms with E-state index in [-0.39, 0.29) is 29.1 Å². The maximum Gasteiger partial charge on any atom is 0.236 e. The Kier molecular flexibility index (Phi) is 5.16. The number of carbonyl (C=O) groups excluding carboxylic acids is 2. The van der Waals surface area contributed by atoms with E-state index in [1.54, 1.807) is 17.0 Å². The zero-order valence-corrected chi connectivity index (χ0v) is 17.9. The molecule has 2 heterocycles. The van der Waals surface area contributed by atoms with Crippen LogP contribution in [0, 0.1) is 16.6 Å². The molecular formula is C25H29FN2O2. The van der Waals surface area contributed by atoms with Crippen LogP contribution in [-0.4, -0.2) is 29.8 Å². The number of halogens is 1. The molecule has 1 atom stereocenters. The van der Waals surface area contributed by atoms with Gasteiger partial charge < -0.3 is 9.80 Å². The Labute approximate surface area is 177 Å². The van der Waals surface area contributed by atoms with Gasteiger partial charge in [0.25, 0.3) is 0 Å². The molecule has 0 bridgehead atoms. The van der Waals surface area contributed by atoms with Gasteiger partial charge in [-0.25, -0.2) is 4.39 Å². The number of hydrogen-bond acceptors (Lipinski definition) is 2. The van der Waals surface area contributed by atoms with Gasteiger partial charge in [0.1, 0.15) is 5.82 Å². The summed E-state index contributed by atoms with van der Waals surface area (Å²) in [5, 5.41) is 0. The van der Waals surface area contributed by atoms with E-state index in [4.69, 9.17) is 0 Å². The summed E-state index contributed by atoms with van der Waals surface area (Å²) in [6.45, 7) is 7.14. The molecule has 0 aliphatic carbocycles. The fraction of sp³-hybridized carbons (Fsp3) is 0.440.